The van der Waals surface area contributed by atoms with Crippen LogP contribution in [0.5, 0.6) is 0 Å². The van der Waals surface area contributed by atoms with E-state index in [1.165, 1.54) is 6.21 Å². The second-order valence-electron chi connectivity index (χ2n) is 5.20. The van der Waals surface area contributed by atoms with Gasteiger partial charge in [-0.05, 0) is 36.4 Å². The van der Waals surface area contributed by atoms with Gasteiger partial charge in [0.25, 0.3) is 5.91 Å². The number of alkyl halides is 3. The number of carbonyl (C=O) groups is 1. The summed E-state index contributed by atoms with van der Waals surface area (Å²) in [6.07, 6.45) is -3.07. The number of pyridine rings is 1. The molecule has 0 fully saturated rings. The monoisotopic (exact) mass is 343 g/mol. The molecule has 0 aliphatic heterocycles. The first-order chi connectivity index (χ1) is 11.9. The van der Waals surface area contributed by atoms with Crippen molar-refractivity contribution in [3.8, 4) is 0 Å². The fourth-order valence-electron chi connectivity index (χ4n) is 2.19. The summed E-state index contributed by atoms with van der Waals surface area (Å²) in [7, 11) is 0. The highest BCUT2D eigenvalue weighted by Crippen LogP contribution is 2.29. The summed E-state index contributed by atoms with van der Waals surface area (Å²) in [6, 6.07) is 15.1. The van der Waals surface area contributed by atoms with E-state index >= 15 is 0 Å². The lowest BCUT2D eigenvalue weighted by Gasteiger charge is -2.06. The van der Waals surface area contributed by atoms with E-state index in [-0.39, 0.29) is 5.56 Å². The Balaban J connectivity index is 1.67. The topological polar surface area (TPSA) is 54.4 Å². The molecular weight excluding hydrogens is 331 g/mol. The molecule has 25 heavy (non-hydrogen) atoms. The molecule has 1 N–H and O–H groups in total. The summed E-state index contributed by atoms with van der Waals surface area (Å²) in [4.78, 5) is 16.2. The Labute approximate surface area is 141 Å². The lowest BCUT2D eigenvalue weighted by molar-refractivity contribution is -0.137. The van der Waals surface area contributed by atoms with Crippen molar-refractivity contribution in [1.82, 2.24) is 10.4 Å². The average molecular weight is 343 g/mol. The van der Waals surface area contributed by atoms with E-state index in [0.717, 1.165) is 35.2 Å². The van der Waals surface area contributed by atoms with Gasteiger partial charge in [0.05, 0.1) is 23.0 Å². The number of amides is 1. The van der Waals surface area contributed by atoms with Crippen LogP contribution in [0.25, 0.3) is 10.9 Å². The summed E-state index contributed by atoms with van der Waals surface area (Å²) < 4.78 is 37.5. The highest BCUT2D eigenvalue weighted by molar-refractivity contribution is 5.95. The van der Waals surface area contributed by atoms with Crippen LogP contribution in [0.2, 0.25) is 0 Å². The van der Waals surface area contributed by atoms with Crippen LogP contribution in [0, 0.1) is 0 Å². The number of hydrogen-bond donors (Lipinski definition) is 1. The van der Waals surface area contributed by atoms with Gasteiger partial charge in [0.1, 0.15) is 0 Å². The Morgan fingerprint density at radius 2 is 1.72 bits per heavy atom. The van der Waals surface area contributed by atoms with Gasteiger partial charge in [-0.25, -0.2) is 10.4 Å². The van der Waals surface area contributed by atoms with Crippen molar-refractivity contribution in [3.05, 3.63) is 77.5 Å². The minimum absolute atomic E-state index is 0.0802. The molecule has 0 bridgehead atoms. The quantitative estimate of drug-likeness (QED) is 0.577. The number of carbonyl (C=O) groups excluding carboxylic acids is 1. The Kier molecular flexibility index (Phi) is 4.47. The number of rotatable bonds is 3. The number of benzene rings is 2. The average Bonchev–Trinajstić information content (AvgIpc) is 2.61. The number of hydrazone groups is 1. The maximum Gasteiger partial charge on any atom is 0.416 e. The summed E-state index contributed by atoms with van der Waals surface area (Å²) in [5, 5.41) is 4.77. The highest BCUT2D eigenvalue weighted by atomic mass is 19.4. The minimum atomic E-state index is -4.44. The molecular formula is C18H12F3N3O. The summed E-state index contributed by atoms with van der Waals surface area (Å²) in [5.41, 5.74) is 2.87. The third-order valence-corrected chi connectivity index (χ3v) is 3.46. The van der Waals surface area contributed by atoms with E-state index in [1.54, 1.807) is 6.07 Å². The molecule has 3 aromatic rings. The van der Waals surface area contributed by atoms with Gasteiger partial charge in [0.2, 0.25) is 0 Å². The first kappa shape index (κ1) is 16.6. The molecule has 0 atom stereocenters. The molecule has 0 unspecified atom stereocenters. The van der Waals surface area contributed by atoms with E-state index in [2.05, 4.69) is 15.5 Å². The highest BCUT2D eigenvalue weighted by Gasteiger charge is 2.30. The molecule has 0 radical (unpaired) electrons. The number of fused-ring (bicyclic) bond motifs is 1. The van der Waals surface area contributed by atoms with Crippen LogP contribution in [0.15, 0.2) is 65.8 Å². The van der Waals surface area contributed by atoms with Crippen LogP contribution >= 0.6 is 0 Å². The van der Waals surface area contributed by atoms with Gasteiger partial charge in [-0.15, -0.1) is 0 Å². The smallest absolute Gasteiger partial charge is 0.267 e. The third kappa shape index (κ3) is 4.00. The van der Waals surface area contributed by atoms with Crippen molar-refractivity contribution >= 4 is 23.0 Å². The predicted octanol–water partition coefficient (Wildman–Crippen LogP) is 4.02. The molecule has 0 saturated carbocycles. The van der Waals surface area contributed by atoms with Crippen molar-refractivity contribution in [2.45, 2.75) is 6.18 Å². The zero-order valence-corrected chi connectivity index (χ0v) is 12.8. The van der Waals surface area contributed by atoms with E-state index in [4.69, 9.17) is 0 Å². The van der Waals surface area contributed by atoms with E-state index < -0.39 is 17.6 Å². The molecule has 126 valence electrons. The molecule has 1 amide bonds. The van der Waals surface area contributed by atoms with Gasteiger partial charge in [-0.2, -0.15) is 18.3 Å². The fraction of sp³-hybridized carbons (Fsp3) is 0.0556. The number of para-hydroxylation sites is 1. The largest absolute Gasteiger partial charge is 0.416 e. The van der Waals surface area contributed by atoms with Gasteiger partial charge < -0.3 is 0 Å². The molecule has 0 saturated heterocycles. The number of aromatic nitrogens is 1. The second kappa shape index (κ2) is 6.72. The minimum Gasteiger partial charge on any atom is -0.267 e. The Morgan fingerprint density at radius 1 is 1.00 bits per heavy atom. The molecule has 4 nitrogen and oxygen atoms in total. The summed E-state index contributed by atoms with van der Waals surface area (Å²) in [6.45, 7) is 0. The summed E-state index contributed by atoms with van der Waals surface area (Å²) >= 11 is 0. The van der Waals surface area contributed by atoms with Crippen LogP contribution in [-0.2, 0) is 6.18 Å². The van der Waals surface area contributed by atoms with Crippen LogP contribution in [-0.4, -0.2) is 17.1 Å². The van der Waals surface area contributed by atoms with Crippen LogP contribution in [0.4, 0.5) is 13.2 Å². The first-order valence-corrected chi connectivity index (χ1v) is 7.30. The van der Waals surface area contributed by atoms with Crippen molar-refractivity contribution in [2.24, 2.45) is 5.10 Å². The van der Waals surface area contributed by atoms with Crippen LogP contribution in [0.3, 0.4) is 0 Å². The van der Waals surface area contributed by atoms with Gasteiger partial charge in [-0.1, -0.05) is 24.3 Å². The normalized spacial score (nSPS) is 11.8. The van der Waals surface area contributed by atoms with Crippen molar-refractivity contribution in [2.75, 3.05) is 0 Å². The van der Waals surface area contributed by atoms with E-state index in [9.17, 15) is 18.0 Å². The van der Waals surface area contributed by atoms with Crippen molar-refractivity contribution in [3.63, 3.8) is 0 Å². The molecule has 3 rings (SSSR count). The SMILES string of the molecule is O=C(NN=Cc1ccc2ccccc2n1)c1ccc(C(F)(F)F)cc1. The van der Waals surface area contributed by atoms with Gasteiger partial charge >= 0.3 is 6.18 Å². The molecule has 1 aromatic heterocycles. The molecule has 0 aliphatic rings. The van der Waals surface area contributed by atoms with Crippen LogP contribution < -0.4 is 5.43 Å². The zero-order chi connectivity index (χ0) is 17.9. The van der Waals surface area contributed by atoms with E-state index in [0.29, 0.717) is 5.69 Å². The Hall–Kier alpha value is -3.22. The number of hydrogen-bond acceptors (Lipinski definition) is 3. The standard InChI is InChI=1S/C18H12F3N3O/c19-18(20,21)14-8-5-13(6-9-14)17(25)24-22-11-15-10-7-12-3-1-2-4-16(12)23-15/h1-11H,(H,24,25). The third-order valence-electron chi connectivity index (χ3n) is 3.46. The predicted molar refractivity (Wildman–Crippen MR) is 88.2 cm³/mol. The number of nitrogens with one attached hydrogen (secondary N) is 1. The molecule has 7 heteroatoms. The lowest BCUT2D eigenvalue weighted by atomic mass is 10.1. The molecule has 0 aliphatic carbocycles. The maximum atomic E-state index is 12.5. The maximum absolute atomic E-state index is 12.5. The van der Waals surface area contributed by atoms with Crippen molar-refractivity contribution < 1.29 is 18.0 Å². The summed E-state index contributed by atoms with van der Waals surface area (Å²) in [5.74, 6) is -0.606. The van der Waals surface area contributed by atoms with Crippen LogP contribution in [0.1, 0.15) is 21.6 Å². The van der Waals surface area contributed by atoms with Crippen molar-refractivity contribution in [1.29, 1.82) is 0 Å². The van der Waals surface area contributed by atoms with Gasteiger partial charge in [0, 0.05) is 10.9 Å². The Morgan fingerprint density at radius 3 is 2.44 bits per heavy atom. The zero-order valence-electron chi connectivity index (χ0n) is 12.8. The molecule has 0 spiro atoms. The second-order valence-corrected chi connectivity index (χ2v) is 5.20. The Bertz CT molecular complexity index is 934. The molecule has 1 heterocycles. The van der Waals surface area contributed by atoms with Gasteiger partial charge in [0.15, 0.2) is 0 Å². The fourth-order valence-corrected chi connectivity index (χ4v) is 2.19. The lowest BCUT2D eigenvalue weighted by Crippen LogP contribution is -2.18. The number of halogens is 3. The van der Waals surface area contributed by atoms with E-state index in [1.807, 2.05) is 30.3 Å². The number of nitrogens with zero attached hydrogens (tertiary/aromatic N) is 2. The van der Waals surface area contributed by atoms with Gasteiger partial charge in [-0.3, -0.25) is 4.79 Å². The first-order valence-electron chi connectivity index (χ1n) is 7.30. The molecule has 2 aromatic carbocycles.